The quantitative estimate of drug-likeness (QED) is 0.707. The molecule has 1 fully saturated rings. The van der Waals surface area contributed by atoms with Crippen LogP contribution in [0.4, 0.5) is 10.1 Å². The molecule has 6 heteroatoms. The topological polar surface area (TPSA) is 44.4 Å². The van der Waals surface area contributed by atoms with Gasteiger partial charge < -0.3 is 15.5 Å². The molecule has 0 saturated carbocycles. The van der Waals surface area contributed by atoms with Crippen molar-refractivity contribution in [3.05, 3.63) is 64.9 Å². The van der Waals surface area contributed by atoms with E-state index in [1.165, 1.54) is 12.1 Å². The Morgan fingerprint density at radius 2 is 1.89 bits per heavy atom. The van der Waals surface area contributed by atoms with Gasteiger partial charge in [0.2, 0.25) is 0 Å². The first-order valence-electron chi connectivity index (χ1n) is 9.40. The third kappa shape index (κ3) is 5.68. The van der Waals surface area contributed by atoms with E-state index in [0.29, 0.717) is 23.2 Å². The van der Waals surface area contributed by atoms with Gasteiger partial charge in [-0.15, -0.1) is 0 Å². The summed E-state index contributed by atoms with van der Waals surface area (Å²) in [5, 5.41) is 7.01. The lowest BCUT2D eigenvalue weighted by atomic mass is 10.0. The van der Waals surface area contributed by atoms with Crippen molar-refractivity contribution in [2.75, 3.05) is 31.1 Å². The van der Waals surface area contributed by atoms with Gasteiger partial charge >= 0.3 is 0 Å². The van der Waals surface area contributed by atoms with Gasteiger partial charge in [-0.05, 0) is 67.8 Å². The Labute approximate surface area is 164 Å². The fourth-order valence-corrected chi connectivity index (χ4v) is 3.53. The maximum Gasteiger partial charge on any atom is 0.251 e. The number of carbonyl (C=O) groups excluding carboxylic acids is 1. The number of nitrogens with one attached hydrogen (secondary N) is 2. The van der Waals surface area contributed by atoms with Gasteiger partial charge in [-0.1, -0.05) is 11.6 Å². The third-order valence-electron chi connectivity index (χ3n) is 4.86. The molecule has 2 N–H and O–H groups in total. The van der Waals surface area contributed by atoms with E-state index in [-0.39, 0.29) is 11.7 Å². The molecule has 1 unspecified atom stereocenters. The van der Waals surface area contributed by atoms with Gasteiger partial charge in [0, 0.05) is 48.5 Å². The Morgan fingerprint density at radius 3 is 2.63 bits per heavy atom. The lowest BCUT2D eigenvalue weighted by molar-refractivity contribution is 0.0953. The second-order valence-electron chi connectivity index (χ2n) is 6.79. The number of piperazine rings is 1. The molecular formula is C21H25ClFN3O. The smallest absolute Gasteiger partial charge is 0.251 e. The highest BCUT2D eigenvalue weighted by atomic mass is 35.5. The Hall–Kier alpha value is -2.11. The van der Waals surface area contributed by atoms with E-state index in [1.807, 2.05) is 12.1 Å². The Bertz CT molecular complexity index is 736. The van der Waals surface area contributed by atoms with Gasteiger partial charge in [-0.2, -0.15) is 0 Å². The highest BCUT2D eigenvalue weighted by Gasteiger charge is 2.22. The molecule has 1 amide bonds. The van der Waals surface area contributed by atoms with Crippen LogP contribution in [0.25, 0.3) is 0 Å². The molecule has 1 aliphatic heterocycles. The molecule has 3 rings (SSSR count). The van der Waals surface area contributed by atoms with Crippen LogP contribution in [-0.4, -0.2) is 38.1 Å². The van der Waals surface area contributed by atoms with Crippen molar-refractivity contribution in [1.29, 1.82) is 0 Å². The lowest BCUT2D eigenvalue weighted by Gasteiger charge is -2.38. The molecular weight excluding hydrogens is 365 g/mol. The van der Waals surface area contributed by atoms with Gasteiger partial charge in [-0.25, -0.2) is 4.39 Å². The standard InChI is InChI=1S/C21H25ClFN3O/c22-17-6-4-16(5-7-17)21(27)25-12-2-1-3-20-15-24-13-14-26(20)19-10-8-18(23)9-11-19/h4-11,20,24H,1-3,12-15H2,(H,25,27). The lowest BCUT2D eigenvalue weighted by Crippen LogP contribution is -2.51. The number of benzene rings is 2. The van der Waals surface area contributed by atoms with Crippen molar-refractivity contribution in [1.82, 2.24) is 10.6 Å². The molecule has 1 saturated heterocycles. The number of unbranched alkanes of at least 4 members (excludes halogenated alkanes) is 1. The molecule has 0 aliphatic carbocycles. The van der Waals surface area contributed by atoms with E-state index < -0.39 is 0 Å². The highest BCUT2D eigenvalue weighted by Crippen LogP contribution is 2.21. The van der Waals surface area contributed by atoms with Crippen LogP contribution >= 0.6 is 11.6 Å². The predicted molar refractivity (Wildman–Crippen MR) is 108 cm³/mol. The first-order valence-corrected chi connectivity index (χ1v) is 9.78. The van der Waals surface area contributed by atoms with Crippen LogP contribution in [0.1, 0.15) is 29.6 Å². The van der Waals surface area contributed by atoms with Crippen molar-refractivity contribution >= 4 is 23.2 Å². The van der Waals surface area contributed by atoms with Gasteiger partial charge in [0.25, 0.3) is 5.91 Å². The monoisotopic (exact) mass is 389 g/mol. The number of amides is 1. The number of carbonyl (C=O) groups is 1. The molecule has 144 valence electrons. The summed E-state index contributed by atoms with van der Waals surface area (Å²) in [7, 11) is 0. The zero-order valence-electron chi connectivity index (χ0n) is 15.3. The SMILES string of the molecule is O=C(NCCCCC1CNCCN1c1ccc(F)cc1)c1ccc(Cl)cc1. The molecule has 2 aromatic carbocycles. The molecule has 0 aromatic heterocycles. The fraction of sp³-hybridized carbons (Fsp3) is 0.381. The summed E-state index contributed by atoms with van der Waals surface area (Å²) in [5.41, 5.74) is 1.69. The van der Waals surface area contributed by atoms with E-state index in [9.17, 15) is 9.18 Å². The molecule has 1 heterocycles. The van der Waals surface area contributed by atoms with E-state index in [1.54, 1.807) is 24.3 Å². The number of nitrogens with zero attached hydrogens (tertiary/aromatic N) is 1. The summed E-state index contributed by atoms with van der Waals surface area (Å²) in [5.74, 6) is -0.277. The van der Waals surface area contributed by atoms with E-state index in [0.717, 1.165) is 44.6 Å². The summed E-state index contributed by atoms with van der Waals surface area (Å²) >= 11 is 5.84. The fourth-order valence-electron chi connectivity index (χ4n) is 3.40. The average molecular weight is 390 g/mol. The maximum absolute atomic E-state index is 13.2. The minimum Gasteiger partial charge on any atom is -0.366 e. The van der Waals surface area contributed by atoms with Crippen molar-refractivity contribution in [3.8, 4) is 0 Å². The first kappa shape index (κ1) is 19.6. The highest BCUT2D eigenvalue weighted by molar-refractivity contribution is 6.30. The number of rotatable bonds is 7. The van der Waals surface area contributed by atoms with Crippen LogP contribution < -0.4 is 15.5 Å². The maximum atomic E-state index is 13.2. The second kappa shape index (κ2) is 9.72. The number of hydrogen-bond donors (Lipinski definition) is 2. The number of anilines is 1. The molecule has 2 aromatic rings. The molecule has 1 aliphatic rings. The molecule has 0 bridgehead atoms. The summed E-state index contributed by atoms with van der Waals surface area (Å²) in [6.45, 7) is 3.43. The number of halogens is 2. The molecule has 27 heavy (non-hydrogen) atoms. The molecule has 4 nitrogen and oxygen atoms in total. The van der Waals surface area contributed by atoms with Gasteiger partial charge in [0.1, 0.15) is 5.82 Å². The molecule has 1 atom stereocenters. The zero-order chi connectivity index (χ0) is 19.1. The van der Waals surface area contributed by atoms with Gasteiger partial charge in [-0.3, -0.25) is 4.79 Å². The summed E-state index contributed by atoms with van der Waals surface area (Å²) in [6.07, 6.45) is 2.97. The summed E-state index contributed by atoms with van der Waals surface area (Å²) < 4.78 is 13.2. The largest absolute Gasteiger partial charge is 0.366 e. The Kier molecular flexibility index (Phi) is 7.07. The van der Waals surface area contributed by atoms with Crippen LogP contribution in [0.3, 0.4) is 0 Å². The van der Waals surface area contributed by atoms with Crippen LogP contribution in [-0.2, 0) is 0 Å². The van der Waals surface area contributed by atoms with Crippen LogP contribution in [0.5, 0.6) is 0 Å². The van der Waals surface area contributed by atoms with E-state index in [4.69, 9.17) is 11.6 Å². The Morgan fingerprint density at radius 1 is 1.15 bits per heavy atom. The Balaban J connectivity index is 1.42. The van der Waals surface area contributed by atoms with Crippen molar-refractivity contribution in [3.63, 3.8) is 0 Å². The van der Waals surface area contributed by atoms with Gasteiger partial charge in [0.15, 0.2) is 0 Å². The average Bonchev–Trinajstić information content (AvgIpc) is 2.69. The second-order valence-corrected chi connectivity index (χ2v) is 7.22. The van der Waals surface area contributed by atoms with E-state index >= 15 is 0 Å². The molecule has 0 radical (unpaired) electrons. The van der Waals surface area contributed by atoms with E-state index in [2.05, 4.69) is 15.5 Å². The zero-order valence-corrected chi connectivity index (χ0v) is 16.0. The minimum absolute atomic E-state index is 0.0704. The van der Waals surface area contributed by atoms with Crippen molar-refractivity contribution < 1.29 is 9.18 Å². The summed E-state index contributed by atoms with van der Waals surface area (Å²) in [6, 6.07) is 14.0. The summed E-state index contributed by atoms with van der Waals surface area (Å²) in [4.78, 5) is 14.4. The van der Waals surface area contributed by atoms with Gasteiger partial charge in [0.05, 0.1) is 0 Å². The first-order chi connectivity index (χ1) is 13.1. The normalized spacial score (nSPS) is 17.0. The van der Waals surface area contributed by atoms with Crippen molar-refractivity contribution in [2.45, 2.75) is 25.3 Å². The third-order valence-corrected chi connectivity index (χ3v) is 5.12. The van der Waals surface area contributed by atoms with Crippen LogP contribution in [0.2, 0.25) is 5.02 Å². The van der Waals surface area contributed by atoms with Crippen molar-refractivity contribution in [2.24, 2.45) is 0 Å². The van der Waals surface area contributed by atoms with Crippen LogP contribution in [0, 0.1) is 5.82 Å². The molecule has 0 spiro atoms. The number of hydrogen-bond acceptors (Lipinski definition) is 3. The minimum atomic E-state index is -0.207. The predicted octanol–water partition coefficient (Wildman–Crippen LogP) is 3.86. The van der Waals surface area contributed by atoms with Crippen LogP contribution in [0.15, 0.2) is 48.5 Å².